The number of carbonyl (C=O) groups excluding carboxylic acids is 1. The normalized spacial score (nSPS) is 20.3. The highest BCUT2D eigenvalue weighted by Gasteiger charge is 2.42. The Morgan fingerprint density at radius 3 is 2.26 bits per heavy atom. The number of nitrogens with one attached hydrogen (secondary N) is 1. The first-order chi connectivity index (χ1) is 8.48. The predicted molar refractivity (Wildman–Crippen MR) is 71.9 cm³/mol. The molecule has 0 spiro atoms. The number of rotatable bonds is 4. The Hall–Kier alpha value is -1.26. The number of ether oxygens (including phenoxy) is 1. The maximum atomic E-state index is 11.7. The van der Waals surface area contributed by atoms with Crippen molar-refractivity contribution in [1.82, 2.24) is 5.32 Å². The van der Waals surface area contributed by atoms with E-state index in [0.717, 1.165) is 12.8 Å². The summed E-state index contributed by atoms with van der Waals surface area (Å²) in [6.07, 6.45) is 1.27. The molecule has 1 fully saturated rings. The van der Waals surface area contributed by atoms with Gasteiger partial charge in [0.15, 0.2) is 0 Å². The zero-order valence-corrected chi connectivity index (χ0v) is 12.4. The molecule has 1 aliphatic rings. The van der Waals surface area contributed by atoms with Crippen LogP contribution in [0.3, 0.4) is 0 Å². The number of carboxylic acid groups (broad SMARTS) is 1. The first kappa shape index (κ1) is 15.8. The lowest BCUT2D eigenvalue weighted by atomic mass is 9.61. The predicted octanol–water partition coefficient (Wildman–Crippen LogP) is 2.79. The van der Waals surface area contributed by atoms with Crippen LogP contribution < -0.4 is 5.32 Å². The van der Waals surface area contributed by atoms with Gasteiger partial charge in [-0.2, -0.15) is 0 Å². The molecule has 1 rings (SSSR count). The van der Waals surface area contributed by atoms with Gasteiger partial charge in [0, 0.05) is 6.04 Å². The van der Waals surface area contributed by atoms with Gasteiger partial charge in [0.1, 0.15) is 5.60 Å². The van der Waals surface area contributed by atoms with Crippen LogP contribution >= 0.6 is 0 Å². The Labute approximate surface area is 114 Å². The monoisotopic (exact) mass is 271 g/mol. The van der Waals surface area contributed by atoms with Crippen molar-refractivity contribution in [3.05, 3.63) is 0 Å². The molecule has 110 valence electrons. The fraction of sp³-hybridized carbons (Fsp3) is 0.857. The van der Waals surface area contributed by atoms with Gasteiger partial charge in [0.25, 0.3) is 0 Å². The molecule has 5 heteroatoms. The Bertz CT molecular complexity index is 349. The van der Waals surface area contributed by atoms with E-state index in [1.54, 1.807) is 20.8 Å². The molecule has 0 aliphatic heterocycles. The Morgan fingerprint density at radius 1 is 1.37 bits per heavy atom. The first-order valence-electron chi connectivity index (χ1n) is 6.70. The summed E-state index contributed by atoms with van der Waals surface area (Å²) in [7, 11) is 0. The van der Waals surface area contributed by atoms with Crippen molar-refractivity contribution in [2.45, 2.75) is 65.5 Å². The largest absolute Gasteiger partial charge is 0.481 e. The summed E-state index contributed by atoms with van der Waals surface area (Å²) in [5, 5.41) is 11.6. The van der Waals surface area contributed by atoms with Crippen LogP contribution in [0.15, 0.2) is 0 Å². The van der Waals surface area contributed by atoms with Crippen LogP contribution in [0, 0.1) is 11.3 Å². The number of carbonyl (C=O) groups is 2. The second-order valence-corrected chi connectivity index (χ2v) is 7.18. The maximum Gasteiger partial charge on any atom is 0.407 e. The van der Waals surface area contributed by atoms with Gasteiger partial charge in [-0.05, 0) is 44.9 Å². The summed E-state index contributed by atoms with van der Waals surface area (Å²) in [5.41, 5.74) is -0.326. The molecule has 1 aliphatic carbocycles. The third kappa shape index (κ3) is 5.49. The summed E-state index contributed by atoms with van der Waals surface area (Å²) in [6.45, 7) is 9.64. The van der Waals surface area contributed by atoms with Crippen LogP contribution in [0.1, 0.15) is 53.9 Å². The van der Waals surface area contributed by atoms with E-state index in [-0.39, 0.29) is 23.8 Å². The van der Waals surface area contributed by atoms with Gasteiger partial charge in [0.05, 0.1) is 6.42 Å². The Balaban J connectivity index is 2.56. The summed E-state index contributed by atoms with van der Waals surface area (Å²) in [6, 6.07) is -0.347. The maximum absolute atomic E-state index is 11.7. The molecule has 0 saturated heterocycles. The van der Waals surface area contributed by atoms with E-state index < -0.39 is 17.7 Å². The fourth-order valence-electron chi connectivity index (χ4n) is 2.63. The van der Waals surface area contributed by atoms with Crippen molar-refractivity contribution in [3.63, 3.8) is 0 Å². The molecular weight excluding hydrogens is 246 g/mol. The minimum Gasteiger partial charge on any atom is -0.481 e. The number of hydrogen-bond donors (Lipinski definition) is 2. The van der Waals surface area contributed by atoms with E-state index in [0.29, 0.717) is 0 Å². The Morgan fingerprint density at radius 2 is 1.89 bits per heavy atom. The van der Waals surface area contributed by atoms with Gasteiger partial charge < -0.3 is 15.2 Å². The average molecular weight is 271 g/mol. The van der Waals surface area contributed by atoms with Gasteiger partial charge >= 0.3 is 12.1 Å². The SMILES string of the molecule is CC1(C)CC([C@H](CC(=O)O)NC(=O)OC(C)(C)C)C1. The number of aliphatic carboxylic acids is 1. The minimum atomic E-state index is -0.897. The summed E-state index contributed by atoms with van der Waals surface area (Å²) < 4.78 is 5.18. The molecule has 0 radical (unpaired) electrons. The fourth-order valence-corrected chi connectivity index (χ4v) is 2.63. The number of hydrogen-bond acceptors (Lipinski definition) is 3. The average Bonchev–Trinajstić information content (AvgIpc) is 2.08. The van der Waals surface area contributed by atoms with E-state index in [2.05, 4.69) is 19.2 Å². The topological polar surface area (TPSA) is 75.6 Å². The van der Waals surface area contributed by atoms with E-state index in [9.17, 15) is 9.59 Å². The minimum absolute atomic E-state index is 0.0556. The van der Waals surface area contributed by atoms with Crippen molar-refractivity contribution in [2.75, 3.05) is 0 Å². The standard InChI is InChI=1S/C14H25NO4/c1-13(2,3)19-12(18)15-10(6-11(16)17)9-7-14(4,5)8-9/h9-10H,6-8H2,1-5H3,(H,15,18)(H,16,17)/t10-/m0/s1. The van der Waals surface area contributed by atoms with Crippen LogP contribution in [0.4, 0.5) is 4.79 Å². The van der Waals surface area contributed by atoms with Crippen molar-refractivity contribution in [2.24, 2.45) is 11.3 Å². The third-order valence-electron chi connectivity index (χ3n) is 3.30. The molecule has 0 aromatic rings. The van der Waals surface area contributed by atoms with Crippen LogP contribution in [0.2, 0.25) is 0 Å². The van der Waals surface area contributed by atoms with Gasteiger partial charge in [-0.3, -0.25) is 4.79 Å². The molecule has 5 nitrogen and oxygen atoms in total. The smallest absolute Gasteiger partial charge is 0.407 e. The highest BCUT2D eigenvalue weighted by Crippen LogP contribution is 2.46. The lowest BCUT2D eigenvalue weighted by Crippen LogP contribution is -2.50. The quantitative estimate of drug-likeness (QED) is 0.824. The molecule has 0 aromatic heterocycles. The second kappa shape index (κ2) is 5.39. The van der Waals surface area contributed by atoms with Crippen molar-refractivity contribution in [3.8, 4) is 0 Å². The van der Waals surface area contributed by atoms with Gasteiger partial charge in [-0.1, -0.05) is 13.8 Å². The summed E-state index contributed by atoms with van der Waals surface area (Å²) in [5.74, 6) is -0.676. The zero-order chi connectivity index (χ0) is 14.8. The molecule has 0 aromatic carbocycles. The Kier molecular flexibility index (Phi) is 4.48. The molecule has 1 amide bonds. The number of alkyl carbamates (subject to hydrolysis) is 1. The number of amides is 1. The lowest BCUT2D eigenvalue weighted by molar-refractivity contribution is -0.138. The summed E-state index contributed by atoms with van der Waals surface area (Å²) >= 11 is 0. The zero-order valence-electron chi connectivity index (χ0n) is 12.4. The highest BCUT2D eigenvalue weighted by molar-refractivity contribution is 5.71. The van der Waals surface area contributed by atoms with Crippen molar-refractivity contribution in [1.29, 1.82) is 0 Å². The molecule has 0 unspecified atom stereocenters. The molecule has 19 heavy (non-hydrogen) atoms. The lowest BCUT2D eigenvalue weighted by Gasteiger charge is -2.46. The molecule has 2 N–H and O–H groups in total. The molecule has 0 heterocycles. The summed E-state index contributed by atoms with van der Waals surface area (Å²) in [4.78, 5) is 22.6. The van der Waals surface area contributed by atoms with Crippen molar-refractivity contribution >= 4 is 12.1 Å². The van der Waals surface area contributed by atoms with E-state index in [1.807, 2.05) is 0 Å². The molecule has 1 saturated carbocycles. The van der Waals surface area contributed by atoms with E-state index in [1.165, 1.54) is 0 Å². The second-order valence-electron chi connectivity index (χ2n) is 7.18. The van der Waals surface area contributed by atoms with Crippen LogP contribution in [-0.2, 0) is 9.53 Å². The number of carboxylic acids is 1. The van der Waals surface area contributed by atoms with E-state index in [4.69, 9.17) is 9.84 Å². The first-order valence-corrected chi connectivity index (χ1v) is 6.70. The van der Waals surface area contributed by atoms with Gasteiger partial charge in [0.2, 0.25) is 0 Å². The molecule has 0 bridgehead atoms. The van der Waals surface area contributed by atoms with Crippen LogP contribution in [-0.4, -0.2) is 28.8 Å². The van der Waals surface area contributed by atoms with Crippen LogP contribution in [0.25, 0.3) is 0 Å². The molecular formula is C14H25NO4. The van der Waals surface area contributed by atoms with Gasteiger partial charge in [-0.25, -0.2) is 4.79 Å². The molecule has 1 atom stereocenters. The van der Waals surface area contributed by atoms with Gasteiger partial charge in [-0.15, -0.1) is 0 Å². The van der Waals surface area contributed by atoms with Crippen molar-refractivity contribution < 1.29 is 19.4 Å². The highest BCUT2D eigenvalue weighted by atomic mass is 16.6. The van der Waals surface area contributed by atoms with Crippen LogP contribution in [0.5, 0.6) is 0 Å². The van der Waals surface area contributed by atoms with E-state index >= 15 is 0 Å². The third-order valence-corrected chi connectivity index (χ3v) is 3.30.